The van der Waals surface area contributed by atoms with Crippen LogP contribution in [0, 0.1) is 5.82 Å². The van der Waals surface area contributed by atoms with Crippen molar-refractivity contribution in [3.05, 3.63) is 58.6 Å². The summed E-state index contributed by atoms with van der Waals surface area (Å²) in [5.41, 5.74) is 0.166. The largest absolute Gasteiger partial charge is 0.506 e. The van der Waals surface area contributed by atoms with Crippen molar-refractivity contribution in [1.82, 2.24) is 24.9 Å². The smallest absolute Gasteiger partial charge is 0.272 e. The lowest BCUT2D eigenvalue weighted by atomic mass is 10.2. The van der Waals surface area contributed by atoms with Crippen molar-refractivity contribution in [2.24, 2.45) is 0 Å². The first kappa shape index (κ1) is 16.6. The lowest BCUT2D eigenvalue weighted by Crippen LogP contribution is -2.15. The van der Waals surface area contributed by atoms with Gasteiger partial charge in [-0.15, -0.1) is 0 Å². The molecule has 10 heteroatoms. The highest BCUT2D eigenvalue weighted by Gasteiger charge is 2.16. The van der Waals surface area contributed by atoms with Crippen molar-refractivity contribution in [3.63, 3.8) is 0 Å². The van der Waals surface area contributed by atoms with Gasteiger partial charge in [-0.05, 0) is 30.3 Å². The van der Waals surface area contributed by atoms with Gasteiger partial charge in [-0.1, -0.05) is 5.16 Å². The molecule has 0 fully saturated rings. The molecule has 3 aromatic heterocycles. The van der Waals surface area contributed by atoms with E-state index in [4.69, 9.17) is 4.52 Å². The van der Waals surface area contributed by atoms with E-state index in [-0.39, 0.29) is 35.7 Å². The molecule has 2 N–H and O–H groups in total. The van der Waals surface area contributed by atoms with Crippen molar-refractivity contribution in [2.75, 3.05) is 0 Å². The second kappa shape index (κ2) is 6.48. The summed E-state index contributed by atoms with van der Waals surface area (Å²) in [5.74, 6) is -0.498. The maximum absolute atomic E-state index is 13.3. The third-order valence-electron chi connectivity index (χ3n) is 3.90. The van der Waals surface area contributed by atoms with Gasteiger partial charge in [0.25, 0.3) is 5.56 Å². The number of aryl methyl sites for hydroxylation is 1. The van der Waals surface area contributed by atoms with Crippen LogP contribution in [0.2, 0.25) is 0 Å². The van der Waals surface area contributed by atoms with Crippen molar-refractivity contribution in [1.29, 1.82) is 0 Å². The average molecular weight is 369 g/mol. The summed E-state index contributed by atoms with van der Waals surface area (Å²) >= 11 is 0. The number of halogens is 1. The number of rotatable bonds is 4. The van der Waals surface area contributed by atoms with Gasteiger partial charge in [-0.2, -0.15) is 4.98 Å². The number of carbonyl (C=O) groups is 1. The van der Waals surface area contributed by atoms with Crippen LogP contribution in [0.1, 0.15) is 17.1 Å². The number of hydrogen-bond donors (Lipinski definition) is 2. The van der Waals surface area contributed by atoms with Crippen molar-refractivity contribution in [2.45, 2.75) is 12.8 Å². The molecule has 0 aliphatic carbocycles. The zero-order chi connectivity index (χ0) is 19.0. The Labute approximate surface area is 150 Å². The van der Waals surface area contributed by atoms with E-state index in [1.54, 1.807) is 0 Å². The van der Waals surface area contributed by atoms with Gasteiger partial charge in [-0.25, -0.2) is 14.1 Å². The Balaban J connectivity index is 1.50. The van der Waals surface area contributed by atoms with Gasteiger partial charge in [0.05, 0.1) is 17.1 Å². The molecule has 0 spiro atoms. The number of nitrogens with one attached hydrogen (secondary N) is 1. The van der Waals surface area contributed by atoms with E-state index in [1.165, 1.54) is 30.5 Å². The van der Waals surface area contributed by atoms with Gasteiger partial charge in [0.2, 0.25) is 17.6 Å². The molecule has 4 aromatic rings. The summed E-state index contributed by atoms with van der Waals surface area (Å²) in [6, 6.07) is 6.59. The van der Waals surface area contributed by atoms with Crippen molar-refractivity contribution < 1.29 is 18.8 Å². The summed E-state index contributed by atoms with van der Waals surface area (Å²) in [5, 5.41) is 15.5. The van der Waals surface area contributed by atoms with Crippen LogP contribution in [0.15, 0.2) is 45.8 Å². The maximum Gasteiger partial charge on any atom is 0.272 e. The normalized spacial score (nSPS) is 11.1. The molecule has 9 nitrogen and oxygen atoms in total. The molecular formula is C17H12FN5O4. The van der Waals surface area contributed by atoms with E-state index in [2.05, 4.69) is 20.2 Å². The fourth-order valence-electron chi connectivity index (χ4n) is 2.61. The van der Waals surface area contributed by atoms with E-state index >= 15 is 0 Å². The summed E-state index contributed by atoms with van der Waals surface area (Å²) in [6.45, 7) is 0. The molecule has 136 valence electrons. The summed E-state index contributed by atoms with van der Waals surface area (Å²) in [4.78, 5) is 32.4. The van der Waals surface area contributed by atoms with Crippen LogP contribution in [-0.4, -0.2) is 35.9 Å². The monoisotopic (exact) mass is 369 g/mol. The molecule has 0 atom stereocenters. The maximum atomic E-state index is 13.3. The predicted molar refractivity (Wildman–Crippen MR) is 90.7 cm³/mol. The van der Waals surface area contributed by atoms with Crippen molar-refractivity contribution >= 4 is 16.8 Å². The first-order valence-electron chi connectivity index (χ1n) is 7.93. The average Bonchev–Trinajstić information content (AvgIpc) is 3.25. The molecule has 0 aliphatic rings. The van der Waals surface area contributed by atoms with Crippen LogP contribution in [-0.2, 0) is 6.42 Å². The lowest BCUT2D eigenvalue weighted by Gasteiger charge is -2.01. The van der Waals surface area contributed by atoms with Gasteiger partial charge in [0.1, 0.15) is 17.3 Å². The van der Waals surface area contributed by atoms with Crippen LogP contribution < -0.4 is 5.56 Å². The number of aromatic hydroxyl groups is 1. The highest BCUT2D eigenvalue weighted by molar-refractivity contribution is 5.90. The van der Waals surface area contributed by atoms with E-state index in [1.807, 2.05) is 0 Å². The molecule has 0 amide bonds. The van der Waals surface area contributed by atoms with Gasteiger partial charge >= 0.3 is 0 Å². The molecule has 1 aromatic carbocycles. The Hall–Kier alpha value is -3.82. The molecule has 0 unspecified atom stereocenters. The fraction of sp³-hybridized carbons (Fsp3) is 0.118. The Morgan fingerprint density at radius 2 is 2.15 bits per heavy atom. The molecule has 0 bridgehead atoms. The van der Waals surface area contributed by atoms with E-state index in [0.29, 0.717) is 11.2 Å². The molecular weight excluding hydrogens is 357 g/mol. The third kappa shape index (κ3) is 3.19. The number of benzene rings is 1. The van der Waals surface area contributed by atoms with Crippen LogP contribution >= 0.6 is 0 Å². The Bertz CT molecular complexity index is 1190. The second-order valence-electron chi connectivity index (χ2n) is 5.74. The van der Waals surface area contributed by atoms with Crippen molar-refractivity contribution in [3.8, 4) is 17.3 Å². The van der Waals surface area contributed by atoms with Gasteiger partial charge in [-0.3, -0.25) is 14.7 Å². The first-order valence-corrected chi connectivity index (χ1v) is 7.93. The number of fused-ring (bicyclic) bond motifs is 1. The molecule has 27 heavy (non-hydrogen) atoms. The Morgan fingerprint density at radius 3 is 2.93 bits per heavy atom. The van der Waals surface area contributed by atoms with Gasteiger partial charge in [0, 0.05) is 12.8 Å². The van der Waals surface area contributed by atoms with Crippen LogP contribution in [0.5, 0.6) is 5.75 Å². The van der Waals surface area contributed by atoms with E-state index in [0.717, 1.165) is 10.7 Å². The number of hydrogen-bond acceptors (Lipinski definition) is 7. The number of nitrogens with zero attached hydrogens (tertiary/aromatic N) is 4. The summed E-state index contributed by atoms with van der Waals surface area (Å²) in [6.07, 6.45) is 1.39. The van der Waals surface area contributed by atoms with Crippen LogP contribution in [0.3, 0.4) is 0 Å². The van der Waals surface area contributed by atoms with Gasteiger partial charge in [0.15, 0.2) is 0 Å². The number of aromatic amines is 1. The predicted octanol–water partition coefficient (Wildman–Crippen LogP) is 1.89. The quantitative estimate of drug-likeness (QED) is 0.562. The Kier molecular flexibility index (Phi) is 3.99. The van der Waals surface area contributed by atoms with E-state index in [9.17, 15) is 19.1 Å². The molecule has 0 radical (unpaired) electrons. The van der Waals surface area contributed by atoms with E-state index < -0.39 is 17.3 Å². The summed E-state index contributed by atoms with van der Waals surface area (Å²) < 4.78 is 19.4. The van der Waals surface area contributed by atoms with Gasteiger partial charge < -0.3 is 9.63 Å². The number of carbonyl (C=O) groups excluding carboxylic acids is 1. The zero-order valence-corrected chi connectivity index (χ0v) is 13.7. The molecule has 0 saturated carbocycles. The second-order valence-corrected chi connectivity index (χ2v) is 5.74. The van der Waals surface area contributed by atoms with Crippen LogP contribution in [0.4, 0.5) is 4.39 Å². The minimum absolute atomic E-state index is 0.0122. The molecule has 4 rings (SSSR count). The SMILES string of the molecule is O=C(CCc1nc(-c2ccc(O)cn2)no1)n1[nH]c(=O)c2cc(F)ccc21. The topological polar surface area (TPSA) is 127 Å². The fourth-order valence-corrected chi connectivity index (χ4v) is 2.61. The minimum Gasteiger partial charge on any atom is -0.506 e. The molecule has 3 heterocycles. The molecule has 0 saturated heterocycles. The number of H-pyrrole nitrogens is 1. The molecule has 0 aliphatic heterocycles. The highest BCUT2D eigenvalue weighted by Crippen LogP contribution is 2.17. The third-order valence-corrected chi connectivity index (χ3v) is 3.90. The highest BCUT2D eigenvalue weighted by atomic mass is 19.1. The standard InChI is InChI=1S/C17H12FN5O4/c18-9-1-4-13-11(7-9)17(26)21-23(13)15(25)6-5-14-20-16(22-27-14)12-3-2-10(24)8-19-12/h1-4,7-8,24H,5-6H2,(H,21,26). The Morgan fingerprint density at radius 1 is 1.30 bits per heavy atom. The lowest BCUT2D eigenvalue weighted by molar-refractivity contribution is 0.0889. The van der Waals surface area contributed by atoms with Crippen LogP contribution in [0.25, 0.3) is 22.4 Å². The minimum atomic E-state index is -0.556. The number of pyridine rings is 1. The first-order chi connectivity index (χ1) is 13.0. The summed E-state index contributed by atoms with van der Waals surface area (Å²) in [7, 11) is 0. The zero-order valence-electron chi connectivity index (χ0n) is 13.7. The number of aromatic nitrogens is 5.